The largest absolute Gasteiger partial charge is 0.450 e. The van der Waals surface area contributed by atoms with Gasteiger partial charge in [0.15, 0.2) is 0 Å². The van der Waals surface area contributed by atoms with E-state index in [4.69, 9.17) is 4.74 Å². The van der Waals surface area contributed by atoms with Crippen molar-refractivity contribution in [3.63, 3.8) is 0 Å². The molecule has 8 nitrogen and oxygen atoms in total. The number of hydrogen-bond donors (Lipinski definition) is 0. The number of fused-ring (bicyclic) bond motifs is 1. The van der Waals surface area contributed by atoms with Crippen LogP contribution in [0.5, 0.6) is 0 Å². The number of aromatic nitrogens is 2. The summed E-state index contributed by atoms with van der Waals surface area (Å²) < 4.78 is 20.0. The zero-order valence-electron chi connectivity index (χ0n) is 17.7. The molecule has 3 aromatic rings. The number of rotatable bonds is 5. The molecule has 0 N–H and O–H groups in total. The second-order valence-corrected chi connectivity index (χ2v) is 7.48. The highest BCUT2D eigenvalue weighted by Crippen LogP contribution is 2.22. The molecule has 0 spiro atoms. The minimum atomic E-state index is -0.620. The van der Waals surface area contributed by atoms with E-state index in [0.29, 0.717) is 30.7 Å². The summed E-state index contributed by atoms with van der Waals surface area (Å²) in [5.74, 6) is -1.56. The summed E-state index contributed by atoms with van der Waals surface area (Å²) in [6, 6.07) is 9.55. The number of ether oxygens (including phenoxy) is 1. The maximum Gasteiger partial charge on any atom is 0.409 e. The highest BCUT2D eigenvalue weighted by molar-refractivity contribution is 6.44. The number of nitrogens with zero attached hydrogens (tertiary/aromatic N) is 4. The van der Waals surface area contributed by atoms with Crippen molar-refractivity contribution in [2.75, 3.05) is 32.8 Å². The summed E-state index contributed by atoms with van der Waals surface area (Å²) in [6.45, 7) is 3.54. The molecule has 1 aromatic carbocycles. The number of piperazine rings is 1. The van der Waals surface area contributed by atoms with Gasteiger partial charge in [-0.3, -0.25) is 9.59 Å². The van der Waals surface area contributed by atoms with E-state index in [9.17, 15) is 18.8 Å². The molecule has 9 heteroatoms. The molecule has 1 saturated heterocycles. The summed E-state index contributed by atoms with van der Waals surface area (Å²) in [5.41, 5.74) is 1.68. The van der Waals surface area contributed by atoms with E-state index >= 15 is 0 Å². The van der Waals surface area contributed by atoms with Gasteiger partial charge in [0.1, 0.15) is 11.5 Å². The molecule has 0 atom stereocenters. The Hall–Kier alpha value is -3.75. The van der Waals surface area contributed by atoms with Crippen LogP contribution in [0.3, 0.4) is 0 Å². The van der Waals surface area contributed by atoms with Gasteiger partial charge in [-0.15, -0.1) is 0 Å². The summed E-state index contributed by atoms with van der Waals surface area (Å²) >= 11 is 0. The Morgan fingerprint density at radius 1 is 1.03 bits per heavy atom. The van der Waals surface area contributed by atoms with Gasteiger partial charge in [-0.2, -0.15) is 0 Å². The molecule has 4 rings (SSSR count). The number of halogens is 1. The first-order valence-corrected chi connectivity index (χ1v) is 10.4. The lowest BCUT2D eigenvalue weighted by molar-refractivity contribution is -0.128. The molecule has 166 valence electrons. The second-order valence-electron chi connectivity index (χ2n) is 7.48. The van der Waals surface area contributed by atoms with Gasteiger partial charge in [0.2, 0.25) is 0 Å². The Kier molecular flexibility index (Phi) is 6.16. The average molecular weight is 438 g/mol. The highest BCUT2D eigenvalue weighted by Gasteiger charge is 2.30. The molecule has 2 amide bonds. The number of carbonyl (C=O) groups is 3. The molecule has 3 heterocycles. The van der Waals surface area contributed by atoms with Crippen molar-refractivity contribution in [3.8, 4) is 0 Å². The minimum absolute atomic E-state index is 0.260. The molecular formula is C23H23FN4O4. The first-order valence-electron chi connectivity index (χ1n) is 10.4. The fourth-order valence-corrected chi connectivity index (χ4v) is 3.78. The third-order valence-corrected chi connectivity index (χ3v) is 5.43. The van der Waals surface area contributed by atoms with Gasteiger partial charge < -0.3 is 19.1 Å². The number of ketones is 1. The number of Topliss-reactive ketones (excluding diaryl/α,β-unsaturated/α-hetero) is 1. The molecule has 32 heavy (non-hydrogen) atoms. The maximum absolute atomic E-state index is 13.2. The van der Waals surface area contributed by atoms with E-state index in [1.165, 1.54) is 21.9 Å². The number of benzene rings is 1. The summed E-state index contributed by atoms with van der Waals surface area (Å²) in [5, 5.41) is 0.582. The average Bonchev–Trinajstić information content (AvgIpc) is 3.18. The number of carbonyl (C=O) groups excluding carboxylic acids is 3. The molecule has 1 fully saturated rings. The standard InChI is InChI=1S/C23H23FN4O4/c1-2-32-23(31)27-12-10-26(11-13-27)22(30)20(29)19-15-28(21-18(19)4-3-9-25-21)14-16-5-7-17(24)8-6-16/h3-9,15H,2,10-14H2,1H3. The normalized spacial score (nSPS) is 13.9. The van der Waals surface area contributed by atoms with E-state index < -0.39 is 17.8 Å². The zero-order chi connectivity index (χ0) is 22.7. The third kappa shape index (κ3) is 4.32. The monoisotopic (exact) mass is 438 g/mol. The lowest BCUT2D eigenvalue weighted by Crippen LogP contribution is -2.52. The van der Waals surface area contributed by atoms with Gasteiger partial charge in [0, 0.05) is 50.5 Å². The SMILES string of the molecule is CCOC(=O)N1CCN(C(=O)C(=O)c2cn(Cc3ccc(F)cc3)c3ncccc23)CC1. The van der Waals surface area contributed by atoms with Crippen molar-refractivity contribution in [1.29, 1.82) is 0 Å². The van der Waals surface area contributed by atoms with Crippen molar-refractivity contribution >= 4 is 28.8 Å². The topological polar surface area (TPSA) is 84.7 Å². The van der Waals surface area contributed by atoms with Crippen LogP contribution in [0.2, 0.25) is 0 Å². The van der Waals surface area contributed by atoms with Gasteiger partial charge in [-0.25, -0.2) is 14.2 Å². The molecule has 0 bridgehead atoms. The summed E-state index contributed by atoms with van der Waals surface area (Å²) in [6.07, 6.45) is 2.82. The van der Waals surface area contributed by atoms with Crippen LogP contribution in [0.15, 0.2) is 48.8 Å². The van der Waals surface area contributed by atoms with Gasteiger partial charge in [-0.05, 0) is 36.8 Å². The van der Waals surface area contributed by atoms with Crippen molar-refractivity contribution < 1.29 is 23.5 Å². The predicted octanol–water partition coefficient (Wildman–Crippen LogP) is 2.71. The Morgan fingerprint density at radius 2 is 1.72 bits per heavy atom. The van der Waals surface area contributed by atoms with E-state index in [0.717, 1.165) is 5.56 Å². The quantitative estimate of drug-likeness (QED) is 0.452. The Bertz CT molecular complexity index is 1150. The van der Waals surface area contributed by atoms with Crippen LogP contribution in [-0.2, 0) is 16.1 Å². The third-order valence-electron chi connectivity index (χ3n) is 5.43. The number of hydrogen-bond acceptors (Lipinski definition) is 5. The Morgan fingerprint density at radius 3 is 2.41 bits per heavy atom. The first kappa shape index (κ1) is 21.5. The lowest BCUT2D eigenvalue weighted by atomic mass is 10.1. The van der Waals surface area contributed by atoms with Crippen molar-refractivity contribution in [2.24, 2.45) is 0 Å². The molecule has 2 aromatic heterocycles. The molecule has 1 aliphatic rings. The van der Waals surface area contributed by atoms with Crippen LogP contribution in [-0.4, -0.2) is 69.9 Å². The Balaban J connectivity index is 1.53. The number of pyridine rings is 1. The first-order chi connectivity index (χ1) is 15.5. The molecule has 0 radical (unpaired) electrons. The van der Waals surface area contributed by atoms with E-state index in [1.807, 2.05) is 0 Å². The molecule has 1 aliphatic heterocycles. The molecular weight excluding hydrogens is 415 g/mol. The van der Waals surface area contributed by atoms with Crippen LogP contribution in [0.1, 0.15) is 22.8 Å². The van der Waals surface area contributed by atoms with Gasteiger partial charge in [0.25, 0.3) is 11.7 Å². The van der Waals surface area contributed by atoms with Crippen LogP contribution >= 0.6 is 0 Å². The molecule has 0 saturated carbocycles. The summed E-state index contributed by atoms with van der Waals surface area (Å²) in [7, 11) is 0. The van der Waals surface area contributed by atoms with Crippen LogP contribution in [0.25, 0.3) is 11.0 Å². The van der Waals surface area contributed by atoms with Crippen LogP contribution in [0, 0.1) is 5.82 Å². The van der Waals surface area contributed by atoms with Crippen molar-refractivity contribution in [2.45, 2.75) is 13.5 Å². The fraction of sp³-hybridized carbons (Fsp3) is 0.304. The predicted molar refractivity (Wildman–Crippen MR) is 115 cm³/mol. The minimum Gasteiger partial charge on any atom is -0.450 e. The zero-order valence-corrected chi connectivity index (χ0v) is 17.7. The Labute approximate surface area is 184 Å². The van der Waals surface area contributed by atoms with E-state index in [2.05, 4.69) is 4.98 Å². The maximum atomic E-state index is 13.2. The molecule has 0 aliphatic carbocycles. The van der Waals surface area contributed by atoms with E-state index in [-0.39, 0.29) is 31.1 Å². The van der Waals surface area contributed by atoms with E-state index in [1.54, 1.807) is 48.1 Å². The summed E-state index contributed by atoms with van der Waals surface area (Å²) in [4.78, 5) is 45.2. The van der Waals surface area contributed by atoms with Crippen LogP contribution in [0.4, 0.5) is 9.18 Å². The van der Waals surface area contributed by atoms with Crippen LogP contribution < -0.4 is 0 Å². The van der Waals surface area contributed by atoms with Crippen molar-refractivity contribution in [3.05, 3.63) is 65.7 Å². The number of amides is 2. The fourth-order valence-electron chi connectivity index (χ4n) is 3.78. The smallest absolute Gasteiger partial charge is 0.409 e. The molecule has 0 unspecified atom stereocenters. The lowest BCUT2D eigenvalue weighted by Gasteiger charge is -2.33. The highest BCUT2D eigenvalue weighted by atomic mass is 19.1. The van der Waals surface area contributed by atoms with Crippen molar-refractivity contribution in [1.82, 2.24) is 19.4 Å². The van der Waals surface area contributed by atoms with Gasteiger partial charge in [-0.1, -0.05) is 12.1 Å². The van der Waals surface area contributed by atoms with Gasteiger partial charge in [0.05, 0.1) is 12.2 Å². The second kappa shape index (κ2) is 9.17. The van der Waals surface area contributed by atoms with Gasteiger partial charge >= 0.3 is 6.09 Å².